The summed E-state index contributed by atoms with van der Waals surface area (Å²) >= 11 is 0. The van der Waals surface area contributed by atoms with Gasteiger partial charge in [0.15, 0.2) is 0 Å². The van der Waals surface area contributed by atoms with Crippen molar-refractivity contribution in [3.05, 3.63) is 0 Å². The van der Waals surface area contributed by atoms with Gasteiger partial charge >= 0.3 is 15.2 Å². The smallest absolute Gasteiger partial charge is 0.369 e. The standard InChI is InChI=1S/C8H20N2O7P2/c1-6(10-7(2)9)4-3-5-8(11,18(12,13)14)19(15,16)17/h6,11H,3-5H2,1-2H3,(H2,9,10)(H2,12,13,14)(H2,15,16,17). The molecule has 7 N–H and O–H groups in total. The van der Waals surface area contributed by atoms with Gasteiger partial charge in [0.1, 0.15) is 0 Å². The fraction of sp³-hybridized carbons (Fsp3) is 0.875. The Kier molecular flexibility index (Phi) is 6.36. The summed E-state index contributed by atoms with van der Waals surface area (Å²) in [7, 11) is -10.7. The summed E-state index contributed by atoms with van der Waals surface area (Å²) in [5.41, 5.74) is 0. The highest BCUT2D eigenvalue weighted by Gasteiger charge is 2.58. The number of rotatable bonds is 7. The Morgan fingerprint density at radius 1 is 1.26 bits per heavy atom. The van der Waals surface area contributed by atoms with Crippen molar-refractivity contribution in [1.29, 1.82) is 5.41 Å². The minimum atomic E-state index is -5.37. The fourth-order valence-electron chi connectivity index (χ4n) is 1.55. The molecule has 0 aromatic rings. The Morgan fingerprint density at radius 2 is 1.68 bits per heavy atom. The van der Waals surface area contributed by atoms with Gasteiger partial charge < -0.3 is 30.0 Å². The van der Waals surface area contributed by atoms with Crippen LogP contribution in [-0.4, -0.2) is 41.6 Å². The maximum Gasteiger partial charge on any atom is 0.369 e. The van der Waals surface area contributed by atoms with Crippen LogP contribution in [0.4, 0.5) is 0 Å². The maximum atomic E-state index is 11.1. The number of aliphatic hydroxyl groups is 1. The SMILES string of the molecule is CC(=N)NC(C)CCCC(O)(P(=O)(O)O)P(=O)(O)O. The highest BCUT2D eigenvalue weighted by atomic mass is 31.2. The summed E-state index contributed by atoms with van der Waals surface area (Å²) in [5.74, 6) is 0.202. The lowest BCUT2D eigenvalue weighted by Gasteiger charge is -2.29. The third-order valence-corrected chi connectivity index (χ3v) is 6.42. The van der Waals surface area contributed by atoms with Crippen molar-refractivity contribution < 1.29 is 33.8 Å². The summed E-state index contributed by atoms with van der Waals surface area (Å²) in [4.78, 5) is 35.6. The first-order valence-corrected chi connectivity index (χ1v) is 8.69. The van der Waals surface area contributed by atoms with E-state index in [-0.39, 0.29) is 18.3 Å². The minimum absolute atomic E-state index is 0.0197. The molecule has 0 aromatic carbocycles. The second kappa shape index (κ2) is 6.45. The van der Waals surface area contributed by atoms with Gasteiger partial charge in [0.05, 0.1) is 5.84 Å². The normalized spacial score (nSPS) is 15.1. The second-order valence-corrected chi connectivity index (χ2v) is 8.43. The van der Waals surface area contributed by atoms with Crippen LogP contribution in [0.25, 0.3) is 0 Å². The lowest BCUT2D eigenvalue weighted by Crippen LogP contribution is -2.32. The van der Waals surface area contributed by atoms with Crippen LogP contribution in [0.1, 0.15) is 33.1 Å². The van der Waals surface area contributed by atoms with Crippen molar-refractivity contribution in [2.45, 2.75) is 44.2 Å². The monoisotopic (exact) mass is 318 g/mol. The molecule has 0 rings (SSSR count). The van der Waals surface area contributed by atoms with E-state index in [4.69, 9.17) is 25.0 Å². The van der Waals surface area contributed by atoms with E-state index in [0.29, 0.717) is 6.42 Å². The Labute approximate surface area is 110 Å². The van der Waals surface area contributed by atoms with E-state index in [1.165, 1.54) is 6.92 Å². The van der Waals surface area contributed by atoms with Crippen molar-refractivity contribution in [2.24, 2.45) is 0 Å². The molecule has 1 unspecified atom stereocenters. The second-order valence-electron chi connectivity index (χ2n) is 4.43. The van der Waals surface area contributed by atoms with E-state index in [2.05, 4.69) is 5.32 Å². The lowest BCUT2D eigenvalue weighted by atomic mass is 10.1. The number of hydrogen-bond acceptors (Lipinski definition) is 4. The molecule has 0 radical (unpaired) electrons. The van der Waals surface area contributed by atoms with Gasteiger partial charge in [0.2, 0.25) is 0 Å². The summed E-state index contributed by atoms with van der Waals surface area (Å²) < 4.78 is 22.1. The van der Waals surface area contributed by atoms with E-state index < -0.39 is 26.7 Å². The molecule has 0 fully saturated rings. The van der Waals surface area contributed by atoms with Gasteiger partial charge in [-0.15, -0.1) is 0 Å². The quantitative estimate of drug-likeness (QED) is 0.197. The van der Waals surface area contributed by atoms with Crippen molar-refractivity contribution in [3.63, 3.8) is 0 Å². The topological polar surface area (TPSA) is 171 Å². The van der Waals surface area contributed by atoms with E-state index >= 15 is 0 Å². The predicted molar refractivity (Wildman–Crippen MR) is 68.9 cm³/mol. The van der Waals surface area contributed by atoms with Crippen LogP contribution in [0, 0.1) is 5.41 Å². The Morgan fingerprint density at radius 3 is 2.00 bits per heavy atom. The first-order chi connectivity index (χ1) is 8.31. The highest BCUT2D eigenvalue weighted by molar-refractivity contribution is 7.72. The highest BCUT2D eigenvalue weighted by Crippen LogP contribution is 2.69. The van der Waals surface area contributed by atoms with Gasteiger partial charge in [-0.2, -0.15) is 0 Å². The number of nitrogens with one attached hydrogen (secondary N) is 2. The molecule has 0 saturated carbocycles. The molecule has 0 aromatic heterocycles. The van der Waals surface area contributed by atoms with Crippen LogP contribution in [0.2, 0.25) is 0 Å². The van der Waals surface area contributed by atoms with Crippen molar-refractivity contribution >= 4 is 21.0 Å². The molecule has 0 aliphatic heterocycles. The van der Waals surface area contributed by atoms with Crippen LogP contribution in [0.5, 0.6) is 0 Å². The number of amidine groups is 1. The molecule has 114 valence electrons. The molecular weight excluding hydrogens is 298 g/mol. The Balaban J connectivity index is 4.69. The average Bonchev–Trinajstić information content (AvgIpc) is 2.12. The first-order valence-electron chi connectivity index (χ1n) is 5.46. The van der Waals surface area contributed by atoms with Crippen LogP contribution in [-0.2, 0) is 9.13 Å². The van der Waals surface area contributed by atoms with Crippen molar-refractivity contribution in [1.82, 2.24) is 5.32 Å². The molecule has 0 aliphatic rings. The fourth-order valence-corrected chi connectivity index (χ4v) is 3.80. The van der Waals surface area contributed by atoms with Crippen molar-refractivity contribution in [3.8, 4) is 0 Å². The summed E-state index contributed by atoms with van der Waals surface area (Å²) in [6.45, 7) is 3.21. The zero-order chi connectivity index (χ0) is 15.5. The molecule has 11 heteroatoms. The molecule has 0 aliphatic carbocycles. The molecule has 0 spiro atoms. The number of hydrogen-bond donors (Lipinski definition) is 7. The van der Waals surface area contributed by atoms with Gasteiger partial charge in [-0.25, -0.2) is 0 Å². The van der Waals surface area contributed by atoms with E-state index in [1.54, 1.807) is 6.92 Å². The summed E-state index contributed by atoms with van der Waals surface area (Å²) in [6, 6.07) is -0.213. The van der Waals surface area contributed by atoms with Crippen LogP contribution >= 0.6 is 15.2 Å². The molecule has 0 saturated heterocycles. The molecular formula is C8H20N2O7P2. The molecule has 19 heavy (non-hydrogen) atoms. The minimum Gasteiger partial charge on any atom is -0.372 e. The molecule has 1 atom stereocenters. The van der Waals surface area contributed by atoms with E-state index in [0.717, 1.165) is 0 Å². The summed E-state index contributed by atoms with van der Waals surface area (Å²) in [5, 5.41) is 16.1. The van der Waals surface area contributed by atoms with Crippen LogP contribution in [0.15, 0.2) is 0 Å². The van der Waals surface area contributed by atoms with Crippen LogP contribution in [0.3, 0.4) is 0 Å². The van der Waals surface area contributed by atoms with E-state index in [9.17, 15) is 14.2 Å². The third-order valence-electron chi connectivity index (χ3n) is 2.55. The van der Waals surface area contributed by atoms with Gasteiger partial charge in [0, 0.05) is 6.04 Å². The maximum absolute atomic E-state index is 11.1. The van der Waals surface area contributed by atoms with Gasteiger partial charge in [0.25, 0.3) is 5.08 Å². The average molecular weight is 318 g/mol. The van der Waals surface area contributed by atoms with Crippen LogP contribution < -0.4 is 5.32 Å². The summed E-state index contributed by atoms with van der Waals surface area (Å²) in [6.07, 6.45) is -0.461. The third kappa shape index (κ3) is 5.31. The van der Waals surface area contributed by atoms with E-state index in [1.807, 2.05) is 0 Å². The Hall–Kier alpha value is -0.270. The van der Waals surface area contributed by atoms with Gasteiger partial charge in [-0.05, 0) is 33.1 Å². The first kappa shape index (κ1) is 18.7. The molecule has 0 amide bonds. The molecule has 0 bridgehead atoms. The Bertz CT molecular complexity index is 393. The predicted octanol–water partition coefficient (Wildman–Crippen LogP) is 0.133. The van der Waals surface area contributed by atoms with Gasteiger partial charge in [-0.1, -0.05) is 0 Å². The molecule has 0 heterocycles. The zero-order valence-electron chi connectivity index (χ0n) is 10.6. The van der Waals surface area contributed by atoms with Crippen molar-refractivity contribution in [2.75, 3.05) is 0 Å². The zero-order valence-corrected chi connectivity index (χ0v) is 12.4. The van der Waals surface area contributed by atoms with Gasteiger partial charge in [-0.3, -0.25) is 14.5 Å². The largest absolute Gasteiger partial charge is 0.372 e. The molecule has 9 nitrogen and oxygen atoms in total. The lowest BCUT2D eigenvalue weighted by molar-refractivity contribution is 0.120.